The van der Waals surface area contributed by atoms with E-state index in [4.69, 9.17) is 4.74 Å². The van der Waals surface area contributed by atoms with E-state index >= 15 is 0 Å². The number of ether oxygens (including phenoxy) is 1. The molecule has 1 aliphatic carbocycles. The number of ketones is 2. The summed E-state index contributed by atoms with van der Waals surface area (Å²) < 4.78 is 5.61. The third-order valence-corrected chi connectivity index (χ3v) is 4.90. The molecule has 27 heavy (non-hydrogen) atoms. The number of likely N-dealkylation sites (tertiary alicyclic amines) is 1. The molecule has 0 N–H and O–H groups in total. The number of benzene rings is 2. The summed E-state index contributed by atoms with van der Waals surface area (Å²) in [6.45, 7) is 1.57. The van der Waals surface area contributed by atoms with E-state index in [0.29, 0.717) is 22.4 Å². The fraction of sp³-hybridized carbons (Fsp3) is 0.227. The highest BCUT2D eigenvalue weighted by molar-refractivity contribution is 6.41. The maximum absolute atomic E-state index is 12.5. The summed E-state index contributed by atoms with van der Waals surface area (Å²) in [5.41, 5.74) is 1.72. The van der Waals surface area contributed by atoms with Crippen molar-refractivity contribution < 1.29 is 19.1 Å². The molecule has 2 aromatic rings. The Morgan fingerprint density at radius 2 is 1.63 bits per heavy atom. The molecule has 1 fully saturated rings. The number of fused-ring (bicyclic) bond motifs is 1. The third-order valence-electron chi connectivity index (χ3n) is 4.90. The number of allylic oxidation sites excluding steroid dienone is 1. The monoisotopic (exact) mass is 361 g/mol. The molecule has 1 heterocycles. The number of amides is 1. The SMILES string of the molecule is O=C1C(=Cc2cccc(OCC(=O)N3CCCC3)c2)C(=O)c2ccccc21. The zero-order chi connectivity index (χ0) is 18.8. The number of nitrogens with zero attached hydrogens (tertiary/aromatic N) is 1. The summed E-state index contributed by atoms with van der Waals surface area (Å²) in [4.78, 5) is 38.9. The Kier molecular flexibility index (Phi) is 4.59. The van der Waals surface area contributed by atoms with Gasteiger partial charge in [0.15, 0.2) is 18.2 Å². The highest BCUT2D eigenvalue weighted by atomic mass is 16.5. The van der Waals surface area contributed by atoms with Crippen LogP contribution in [0, 0.1) is 0 Å². The van der Waals surface area contributed by atoms with Crippen LogP contribution >= 0.6 is 0 Å². The number of hydrogen-bond donors (Lipinski definition) is 0. The van der Waals surface area contributed by atoms with Crippen LogP contribution < -0.4 is 4.74 Å². The maximum atomic E-state index is 12.5. The number of carbonyl (C=O) groups excluding carboxylic acids is 3. The molecule has 0 spiro atoms. The van der Waals surface area contributed by atoms with Crippen molar-refractivity contribution in [3.05, 3.63) is 70.8 Å². The van der Waals surface area contributed by atoms with E-state index in [1.54, 1.807) is 59.5 Å². The molecule has 5 heteroatoms. The van der Waals surface area contributed by atoms with Crippen molar-refractivity contribution in [2.24, 2.45) is 0 Å². The van der Waals surface area contributed by atoms with Gasteiger partial charge in [0, 0.05) is 24.2 Å². The second-order valence-electron chi connectivity index (χ2n) is 6.71. The Morgan fingerprint density at radius 3 is 2.30 bits per heavy atom. The molecule has 2 aromatic carbocycles. The normalized spacial score (nSPS) is 15.9. The van der Waals surface area contributed by atoms with Gasteiger partial charge in [-0.2, -0.15) is 0 Å². The molecular weight excluding hydrogens is 342 g/mol. The van der Waals surface area contributed by atoms with Gasteiger partial charge in [0.25, 0.3) is 5.91 Å². The fourth-order valence-electron chi connectivity index (χ4n) is 3.47. The molecule has 1 saturated heterocycles. The lowest BCUT2D eigenvalue weighted by Gasteiger charge is -2.15. The van der Waals surface area contributed by atoms with Crippen molar-refractivity contribution in [3.8, 4) is 5.75 Å². The van der Waals surface area contributed by atoms with Gasteiger partial charge < -0.3 is 9.64 Å². The third kappa shape index (κ3) is 3.40. The molecule has 0 saturated carbocycles. The molecule has 0 bridgehead atoms. The van der Waals surface area contributed by atoms with E-state index in [0.717, 1.165) is 25.9 Å². The highest BCUT2D eigenvalue weighted by Gasteiger charge is 2.32. The number of rotatable bonds is 4. The van der Waals surface area contributed by atoms with Crippen molar-refractivity contribution in [2.75, 3.05) is 19.7 Å². The molecule has 5 nitrogen and oxygen atoms in total. The number of carbonyl (C=O) groups is 3. The van der Waals surface area contributed by atoms with Crippen LogP contribution in [-0.4, -0.2) is 42.1 Å². The van der Waals surface area contributed by atoms with Gasteiger partial charge >= 0.3 is 0 Å². The number of hydrogen-bond acceptors (Lipinski definition) is 4. The predicted octanol–water partition coefficient (Wildman–Crippen LogP) is 3.15. The first-order valence-electron chi connectivity index (χ1n) is 9.04. The van der Waals surface area contributed by atoms with Gasteiger partial charge in [-0.25, -0.2) is 0 Å². The van der Waals surface area contributed by atoms with E-state index < -0.39 is 0 Å². The highest BCUT2D eigenvalue weighted by Crippen LogP contribution is 2.28. The molecule has 0 atom stereocenters. The molecule has 2 aliphatic rings. The summed E-state index contributed by atoms with van der Waals surface area (Å²) >= 11 is 0. The quantitative estimate of drug-likeness (QED) is 0.620. The Labute approximate surface area is 157 Å². The van der Waals surface area contributed by atoms with Gasteiger partial charge in [-0.05, 0) is 36.6 Å². The summed E-state index contributed by atoms with van der Waals surface area (Å²) in [5.74, 6) is -0.00238. The maximum Gasteiger partial charge on any atom is 0.260 e. The summed E-state index contributed by atoms with van der Waals surface area (Å²) in [6, 6.07) is 13.9. The molecule has 0 radical (unpaired) electrons. The molecule has 0 unspecified atom stereocenters. The zero-order valence-electron chi connectivity index (χ0n) is 14.8. The van der Waals surface area contributed by atoms with Crippen LogP contribution in [0.3, 0.4) is 0 Å². The van der Waals surface area contributed by atoms with Crippen molar-refractivity contribution in [1.82, 2.24) is 4.90 Å². The molecular formula is C22H19NO4. The lowest BCUT2D eigenvalue weighted by Crippen LogP contribution is -2.32. The molecule has 4 rings (SSSR count). The Balaban J connectivity index is 1.50. The lowest BCUT2D eigenvalue weighted by molar-refractivity contribution is -0.132. The van der Waals surface area contributed by atoms with E-state index in [2.05, 4.69) is 0 Å². The lowest BCUT2D eigenvalue weighted by atomic mass is 10.1. The average molecular weight is 361 g/mol. The van der Waals surface area contributed by atoms with Crippen LogP contribution in [0.1, 0.15) is 39.1 Å². The topological polar surface area (TPSA) is 63.7 Å². The minimum Gasteiger partial charge on any atom is -0.484 e. The van der Waals surface area contributed by atoms with Gasteiger partial charge in [-0.15, -0.1) is 0 Å². The first-order chi connectivity index (χ1) is 13.1. The van der Waals surface area contributed by atoms with Gasteiger partial charge in [-0.3, -0.25) is 14.4 Å². The molecule has 136 valence electrons. The van der Waals surface area contributed by atoms with Crippen molar-refractivity contribution in [3.63, 3.8) is 0 Å². The summed E-state index contributed by atoms with van der Waals surface area (Å²) in [7, 11) is 0. The zero-order valence-corrected chi connectivity index (χ0v) is 14.8. The van der Waals surface area contributed by atoms with Gasteiger partial charge in [0.2, 0.25) is 0 Å². The minimum atomic E-state index is -0.258. The van der Waals surface area contributed by atoms with E-state index in [-0.39, 0.29) is 29.7 Å². The predicted molar refractivity (Wildman–Crippen MR) is 101 cm³/mol. The molecule has 1 aliphatic heterocycles. The number of Topliss-reactive ketones (excluding diaryl/α,β-unsaturated/α-hetero) is 2. The molecule has 0 aromatic heterocycles. The first kappa shape index (κ1) is 17.2. The van der Waals surface area contributed by atoms with Crippen LogP contribution in [-0.2, 0) is 4.79 Å². The van der Waals surface area contributed by atoms with E-state index in [1.165, 1.54) is 0 Å². The Morgan fingerprint density at radius 1 is 0.963 bits per heavy atom. The summed E-state index contributed by atoms with van der Waals surface area (Å²) in [6.07, 6.45) is 3.66. The fourth-order valence-corrected chi connectivity index (χ4v) is 3.47. The van der Waals surface area contributed by atoms with Crippen LogP contribution in [0.25, 0.3) is 6.08 Å². The van der Waals surface area contributed by atoms with E-state index in [9.17, 15) is 14.4 Å². The first-order valence-corrected chi connectivity index (χ1v) is 9.04. The largest absolute Gasteiger partial charge is 0.484 e. The second-order valence-corrected chi connectivity index (χ2v) is 6.71. The van der Waals surface area contributed by atoms with Gasteiger partial charge in [-0.1, -0.05) is 36.4 Å². The second kappa shape index (κ2) is 7.19. The van der Waals surface area contributed by atoms with Gasteiger partial charge in [0.05, 0.1) is 5.57 Å². The standard InChI is InChI=1S/C22H19NO4/c24-20(23-10-3-4-11-23)14-27-16-7-5-6-15(12-16)13-19-21(25)17-8-1-2-9-18(17)22(19)26/h1-2,5-9,12-13H,3-4,10-11,14H2. The van der Waals surface area contributed by atoms with Crippen LogP contribution in [0.5, 0.6) is 5.75 Å². The van der Waals surface area contributed by atoms with Crippen molar-refractivity contribution in [1.29, 1.82) is 0 Å². The minimum absolute atomic E-state index is 0.0106. The van der Waals surface area contributed by atoms with Crippen LogP contribution in [0.2, 0.25) is 0 Å². The van der Waals surface area contributed by atoms with E-state index in [1.807, 2.05) is 0 Å². The van der Waals surface area contributed by atoms with Crippen molar-refractivity contribution >= 4 is 23.5 Å². The summed E-state index contributed by atoms with van der Waals surface area (Å²) in [5, 5.41) is 0. The smallest absolute Gasteiger partial charge is 0.260 e. The van der Waals surface area contributed by atoms with Crippen LogP contribution in [0.15, 0.2) is 54.1 Å². The molecule has 1 amide bonds. The Hall–Kier alpha value is -3.21. The van der Waals surface area contributed by atoms with Crippen LogP contribution in [0.4, 0.5) is 0 Å². The van der Waals surface area contributed by atoms with Gasteiger partial charge in [0.1, 0.15) is 5.75 Å². The average Bonchev–Trinajstić information content (AvgIpc) is 3.31. The van der Waals surface area contributed by atoms with Crippen molar-refractivity contribution in [2.45, 2.75) is 12.8 Å². The Bertz CT molecular complexity index is 917.